The van der Waals surface area contributed by atoms with Gasteiger partial charge in [0.1, 0.15) is 5.01 Å². The van der Waals surface area contributed by atoms with E-state index in [-0.39, 0.29) is 0 Å². The third-order valence-electron chi connectivity index (χ3n) is 3.30. The fourth-order valence-electron chi connectivity index (χ4n) is 2.12. The number of thiazole rings is 1. The van der Waals surface area contributed by atoms with E-state index in [1.807, 2.05) is 22.7 Å². The summed E-state index contributed by atoms with van der Waals surface area (Å²) in [6.45, 7) is 4.36. The molecule has 3 rings (SSSR count). The summed E-state index contributed by atoms with van der Waals surface area (Å²) in [4.78, 5) is 7.58. The van der Waals surface area contributed by atoms with Gasteiger partial charge in [-0.2, -0.15) is 0 Å². The molecule has 1 unspecified atom stereocenters. The maximum absolute atomic E-state index is 4.83. The summed E-state index contributed by atoms with van der Waals surface area (Å²) < 4.78 is 0. The highest BCUT2D eigenvalue weighted by Gasteiger charge is 2.28. The largest absolute Gasteiger partial charge is 0.301 e. The molecule has 0 bridgehead atoms. The monoisotopic (exact) mass is 278 g/mol. The summed E-state index contributed by atoms with van der Waals surface area (Å²) in [6, 6.07) is 5.35. The maximum atomic E-state index is 4.83. The number of rotatable bonds is 5. The van der Waals surface area contributed by atoms with Crippen LogP contribution in [0.2, 0.25) is 0 Å². The van der Waals surface area contributed by atoms with E-state index >= 15 is 0 Å². The predicted octanol–water partition coefficient (Wildman–Crippen LogP) is 3.92. The van der Waals surface area contributed by atoms with Crippen LogP contribution in [0, 0.1) is 6.92 Å². The Bertz CT molecular complexity index is 512. The van der Waals surface area contributed by atoms with Crippen molar-refractivity contribution in [2.75, 3.05) is 0 Å². The van der Waals surface area contributed by atoms with Crippen LogP contribution in [0.5, 0.6) is 0 Å². The average molecular weight is 278 g/mol. The van der Waals surface area contributed by atoms with Crippen LogP contribution < -0.4 is 5.32 Å². The molecule has 1 N–H and O–H groups in total. The number of aromatic nitrogens is 1. The van der Waals surface area contributed by atoms with Crippen LogP contribution in [0.4, 0.5) is 0 Å². The topological polar surface area (TPSA) is 24.9 Å². The third-order valence-corrected chi connectivity index (χ3v) is 5.31. The van der Waals surface area contributed by atoms with Gasteiger partial charge in [0.05, 0.1) is 11.7 Å². The first-order chi connectivity index (χ1) is 8.78. The first-order valence-electron chi connectivity index (χ1n) is 6.53. The summed E-state index contributed by atoms with van der Waals surface area (Å²) in [6.07, 6.45) is 3.66. The number of nitrogens with zero attached hydrogens (tertiary/aromatic N) is 1. The van der Waals surface area contributed by atoms with E-state index in [2.05, 4.69) is 36.7 Å². The molecule has 2 heterocycles. The van der Waals surface area contributed by atoms with Gasteiger partial charge in [-0.1, -0.05) is 13.0 Å². The zero-order chi connectivity index (χ0) is 12.5. The SMILES string of the molecule is CCc1nc(C(NC2CC2)c2cccs2)sc1C. The summed E-state index contributed by atoms with van der Waals surface area (Å²) in [5.41, 5.74) is 1.26. The minimum absolute atomic E-state index is 0.307. The van der Waals surface area contributed by atoms with E-state index in [9.17, 15) is 0 Å². The number of hydrogen-bond acceptors (Lipinski definition) is 4. The van der Waals surface area contributed by atoms with Gasteiger partial charge in [-0.3, -0.25) is 0 Å². The lowest BCUT2D eigenvalue weighted by Crippen LogP contribution is -2.23. The van der Waals surface area contributed by atoms with Gasteiger partial charge in [0.15, 0.2) is 0 Å². The maximum Gasteiger partial charge on any atom is 0.115 e. The van der Waals surface area contributed by atoms with Crippen molar-refractivity contribution in [2.45, 2.75) is 45.2 Å². The van der Waals surface area contributed by atoms with E-state index in [4.69, 9.17) is 4.98 Å². The lowest BCUT2D eigenvalue weighted by atomic mass is 10.2. The molecule has 0 radical (unpaired) electrons. The Kier molecular flexibility index (Phi) is 3.50. The van der Waals surface area contributed by atoms with Crippen molar-refractivity contribution < 1.29 is 0 Å². The van der Waals surface area contributed by atoms with Crippen LogP contribution in [0.3, 0.4) is 0 Å². The van der Waals surface area contributed by atoms with Gasteiger partial charge in [-0.05, 0) is 37.6 Å². The number of hydrogen-bond donors (Lipinski definition) is 1. The molecular formula is C14H18N2S2. The molecule has 0 spiro atoms. The fraction of sp³-hybridized carbons (Fsp3) is 0.500. The Labute approximate surface area is 116 Å². The van der Waals surface area contributed by atoms with Crippen LogP contribution in [-0.4, -0.2) is 11.0 Å². The molecule has 1 aliphatic carbocycles. The number of thiophene rings is 1. The quantitative estimate of drug-likeness (QED) is 0.896. The molecule has 1 fully saturated rings. The van der Waals surface area contributed by atoms with Gasteiger partial charge in [-0.15, -0.1) is 22.7 Å². The van der Waals surface area contributed by atoms with Gasteiger partial charge < -0.3 is 5.32 Å². The van der Waals surface area contributed by atoms with Crippen molar-refractivity contribution in [1.29, 1.82) is 0 Å². The highest BCUT2D eigenvalue weighted by Crippen LogP contribution is 2.34. The number of nitrogens with one attached hydrogen (secondary N) is 1. The van der Waals surface area contributed by atoms with Gasteiger partial charge in [0, 0.05) is 15.8 Å². The molecule has 0 aromatic carbocycles. The second-order valence-corrected chi connectivity index (χ2v) is 7.01. The third kappa shape index (κ3) is 2.51. The van der Waals surface area contributed by atoms with Gasteiger partial charge in [0.2, 0.25) is 0 Å². The van der Waals surface area contributed by atoms with Crippen LogP contribution in [0.15, 0.2) is 17.5 Å². The highest BCUT2D eigenvalue weighted by atomic mass is 32.1. The lowest BCUT2D eigenvalue weighted by molar-refractivity contribution is 0.604. The van der Waals surface area contributed by atoms with Crippen molar-refractivity contribution >= 4 is 22.7 Å². The zero-order valence-electron chi connectivity index (χ0n) is 10.8. The first kappa shape index (κ1) is 12.3. The predicted molar refractivity (Wildman–Crippen MR) is 78.5 cm³/mol. The standard InChI is InChI=1S/C14H18N2S2/c1-3-11-9(2)18-14(16-11)13(15-10-6-7-10)12-5-4-8-17-12/h4-5,8,10,13,15H,3,6-7H2,1-2H3. The Hall–Kier alpha value is -0.710. The second-order valence-electron chi connectivity index (χ2n) is 4.80. The normalized spacial score (nSPS) is 17.0. The molecule has 0 saturated heterocycles. The van der Waals surface area contributed by atoms with E-state index in [1.54, 1.807) is 0 Å². The van der Waals surface area contributed by atoms with Gasteiger partial charge in [-0.25, -0.2) is 4.98 Å². The fourth-order valence-corrected chi connectivity index (χ4v) is 4.07. The molecule has 1 atom stereocenters. The minimum Gasteiger partial charge on any atom is -0.301 e. The Morgan fingerprint density at radius 1 is 1.50 bits per heavy atom. The molecule has 0 aliphatic heterocycles. The Balaban J connectivity index is 1.91. The van der Waals surface area contributed by atoms with Crippen molar-refractivity contribution in [3.63, 3.8) is 0 Å². The Morgan fingerprint density at radius 2 is 2.33 bits per heavy atom. The molecule has 4 heteroatoms. The van der Waals surface area contributed by atoms with E-state index in [1.165, 1.54) is 33.3 Å². The summed E-state index contributed by atoms with van der Waals surface area (Å²) in [5, 5.41) is 7.12. The molecule has 2 aromatic heterocycles. The lowest BCUT2D eigenvalue weighted by Gasteiger charge is -2.14. The van der Waals surface area contributed by atoms with Crippen molar-refractivity contribution in [3.8, 4) is 0 Å². The van der Waals surface area contributed by atoms with Crippen molar-refractivity contribution in [1.82, 2.24) is 10.3 Å². The van der Waals surface area contributed by atoms with Crippen LogP contribution in [-0.2, 0) is 6.42 Å². The molecule has 1 aliphatic rings. The smallest absolute Gasteiger partial charge is 0.115 e. The molecule has 2 nitrogen and oxygen atoms in total. The van der Waals surface area contributed by atoms with Crippen LogP contribution >= 0.6 is 22.7 Å². The number of aryl methyl sites for hydroxylation is 2. The minimum atomic E-state index is 0.307. The summed E-state index contributed by atoms with van der Waals surface area (Å²) in [7, 11) is 0. The average Bonchev–Trinajstić information content (AvgIpc) is 2.90. The van der Waals surface area contributed by atoms with Crippen LogP contribution in [0.25, 0.3) is 0 Å². The zero-order valence-corrected chi connectivity index (χ0v) is 12.4. The molecule has 96 valence electrons. The molecule has 0 amide bonds. The Morgan fingerprint density at radius 3 is 2.89 bits per heavy atom. The summed E-state index contributed by atoms with van der Waals surface area (Å²) in [5.74, 6) is 0. The molecular weight excluding hydrogens is 260 g/mol. The van der Waals surface area contributed by atoms with Gasteiger partial charge >= 0.3 is 0 Å². The van der Waals surface area contributed by atoms with Gasteiger partial charge in [0.25, 0.3) is 0 Å². The molecule has 2 aromatic rings. The van der Waals surface area contributed by atoms with E-state index in [0.717, 1.165) is 6.42 Å². The van der Waals surface area contributed by atoms with Crippen molar-refractivity contribution in [3.05, 3.63) is 38.0 Å². The molecule has 1 saturated carbocycles. The van der Waals surface area contributed by atoms with E-state index < -0.39 is 0 Å². The van der Waals surface area contributed by atoms with Crippen molar-refractivity contribution in [2.24, 2.45) is 0 Å². The highest BCUT2D eigenvalue weighted by molar-refractivity contribution is 7.12. The first-order valence-corrected chi connectivity index (χ1v) is 8.23. The second kappa shape index (κ2) is 5.11. The van der Waals surface area contributed by atoms with Crippen LogP contribution in [0.1, 0.15) is 46.3 Å². The molecule has 18 heavy (non-hydrogen) atoms. The van der Waals surface area contributed by atoms with E-state index in [0.29, 0.717) is 12.1 Å². The summed E-state index contributed by atoms with van der Waals surface area (Å²) >= 11 is 3.67.